The highest BCUT2D eigenvalue weighted by atomic mass is 35.5. The standard InChI is InChI=1S/C66H101ClN2O13Si2/c1-41(2)84(42(3)4,43(5)6)82-60(31-44(7)26-27-50(71-12)22-20-28-67)59-36-55(72-13)37-66(73-14,80-59)38-62-68-49(39-74-62)32-46(9)64-48(11)65-47(10)57(78-64)23-19-24-61-69-56(40-75-61)58-35-54(81-83(15,16)17)34-53(77-58)33-52-30-45(8)29-51(76-52)21-18-25-63(70)79-65/h18-20,24-28,31-32,39-43,47-48,50-55,57-60,64-65H,8,21-23,29-30,33-38H2,1-7,9-17H3/b24-19+,25-18-,27-26+,28-20+,44-31+,46-32+/t47-,48-,50+,51?,52?,53?,54+,55+,57?,58?,59?,60+,64?,65-,66-/m0/s1. The first kappa shape index (κ1) is 67.9. The monoisotopic (exact) mass is 1220 g/mol. The fourth-order valence-electron chi connectivity index (χ4n) is 13.9. The van der Waals surface area contributed by atoms with E-state index in [0.717, 1.165) is 41.7 Å². The Labute approximate surface area is 509 Å². The smallest absolute Gasteiger partial charge is 0.330 e. The molecule has 7 unspecified atom stereocenters. The molecule has 4 saturated heterocycles. The number of methoxy groups -OCH3 is 3. The van der Waals surface area contributed by atoms with Crippen LogP contribution >= 0.6 is 11.6 Å². The van der Waals surface area contributed by atoms with E-state index in [9.17, 15) is 4.79 Å². The molecule has 0 radical (unpaired) electrons. The third-order valence-corrected chi connectivity index (χ3v) is 25.1. The Hall–Kier alpha value is -3.57. The number of carbonyl (C=O) groups excluding carboxylic acids is 1. The molecule has 0 aromatic carbocycles. The van der Waals surface area contributed by atoms with Crippen molar-refractivity contribution in [2.75, 3.05) is 21.3 Å². The summed E-state index contributed by atoms with van der Waals surface area (Å²) in [7, 11) is 0.801. The molecular weight excluding hydrogens is 1120 g/mol. The highest BCUT2D eigenvalue weighted by Crippen LogP contribution is 2.46. The first-order valence-corrected chi connectivity index (χ1v) is 36.9. The normalized spacial score (nSPS) is 32.5. The summed E-state index contributed by atoms with van der Waals surface area (Å²) in [6, 6.07) is 0. The zero-order chi connectivity index (χ0) is 61.1. The van der Waals surface area contributed by atoms with Crippen molar-refractivity contribution in [1.82, 2.24) is 9.97 Å². The van der Waals surface area contributed by atoms with Crippen molar-refractivity contribution in [2.45, 2.75) is 255 Å². The second kappa shape index (κ2) is 30.6. The second-order valence-corrected chi connectivity index (χ2v) is 36.4. The number of esters is 1. The van der Waals surface area contributed by atoms with Gasteiger partial charge in [0.05, 0.1) is 67.5 Å². The van der Waals surface area contributed by atoms with Crippen LogP contribution in [0.25, 0.3) is 12.2 Å². The van der Waals surface area contributed by atoms with Crippen LogP contribution in [0.2, 0.25) is 36.3 Å². The number of aromatic nitrogens is 2. The highest BCUT2D eigenvalue weighted by Gasteiger charge is 2.51. The quantitative estimate of drug-likeness (QED) is 0.0532. The molecule has 18 heteroatoms. The Morgan fingerprint density at radius 3 is 2.26 bits per heavy atom. The van der Waals surface area contributed by atoms with E-state index >= 15 is 0 Å². The summed E-state index contributed by atoms with van der Waals surface area (Å²) in [5.74, 6) is -1.01. The number of carbonyl (C=O) groups is 1. The SMILES string of the molecule is C=C1CC2C/C=C\C(=O)O[C@H]3[C@@H](C)C(C/C=C/c4nc(co4)C4C[C@H](O[Si](C)(C)C)CC(CC(C1)O2)O4)OC(/C(C)=C/c1coc(C[C@]2(OC)C[C@H](OC)CC([C@@H](/C=C(C)/C=C/[C@@H](C/C=C/Cl)OC)O[Si](C(C)C)(C(C)C)C(C)C)O2)n1)[C@@H]3C. The van der Waals surface area contributed by atoms with E-state index in [-0.39, 0.29) is 67.1 Å². The van der Waals surface area contributed by atoms with Gasteiger partial charge in [0.2, 0.25) is 14.2 Å². The first-order valence-electron chi connectivity index (χ1n) is 30.9. The molecule has 15 nitrogen and oxygen atoms in total. The number of fused-ring (bicyclic) bond motifs is 9. The molecule has 0 saturated carbocycles. The molecule has 4 fully saturated rings. The molecule has 0 aliphatic carbocycles. The lowest BCUT2D eigenvalue weighted by Gasteiger charge is -2.49. The van der Waals surface area contributed by atoms with Crippen molar-refractivity contribution < 1.29 is 60.4 Å². The number of allylic oxidation sites excluding steroid dienone is 2. The van der Waals surface area contributed by atoms with E-state index in [2.05, 4.69) is 107 Å². The van der Waals surface area contributed by atoms with Crippen LogP contribution in [0.15, 0.2) is 92.7 Å². The summed E-state index contributed by atoms with van der Waals surface area (Å²) in [6.07, 6.45) is 24.6. The minimum absolute atomic E-state index is 0.0287. The zero-order valence-electron chi connectivity index (χ0n) is 53.3. The number of nitrogens with zero attached hydrogens (tertiary/aromatic N) is 2. The van der Waals surface area contributed by atoms with Crippen LogP contribution in [-0.4, -0.2) is 127 Å². The van der Waals surface area contributed by atoms with Crippen molar-refractivity contribution in [3.05, 3.63) is 107 Å². The fourth-order valence-corrected chi connectivity index (χ4v) is 20.7. The van der Waals surface area contributed by atoms with Gasteiger partial charge < -0.3 is 55.6 Å². The molecule has 0 N–H and O–H groups in total. The minimum atomic E-state index is -2.45. The lowest BCUT2D eigenvalue weighted by molar-refractivity contribution is -0.297. The lowest BCUT2D eigenvalue weighted by Crippen LogP contribution is -2.57. The molecule has 15 atom stereocenters. The lowest BCUT2D eigenvalue weighted by atomic mass is 9.79. The number of ether oxygens (including phenoxy) is 8. The van der Waals surface area contributed by atoms with E-state index < -0.39 is 52.8 Å². The van der Waals surface area contributed by atoms with Crippen LogP contribution in [0.1, 0.15) is 163 Å². The molecule has 0 amide bonds. The zero-order valence-corrected chi connectivity index (χ0v) is 56.1. The first-order chi connectivity index (χ1) is 39.9. The third kappa shape index (κ3) is 18.0. The summed E-state index contributed by atoms with van der Waals surface area (Å²) < 4.78 is 79.1. The van der Waals surface area contributed by atoms with Crippen LogP contribution in [0.3, 0.4) is 0 Å². The highest BCUT2D eigenvalue weighted by molar-refractivity contribution is 6.77. The Balaban J connectivity index is 1.14. The molecule has 0 spiro atoms. The molecule has 468 valence electrons. The van der Waals surface area contributed by atoms with Gasteiger partial charge in [-0.05, 0) is 106 Å². The Bertz CT molecular complexity index is 2610. The molecule has 7 heterocycles. The second-order valence-electron chi connectivity index (χ2n) is 26.3. The summed E-state index contributed by atoms with van der Waals surface area (Å²) in [6.45, 7) is 33.1. The van der Waals surface area contributed by atoms with Gasteiger partial charge in [0.25, 0.3) is 0 Å². The van der Waals surface area contributed by atoms with Crippen molar-refractivity contribution in [3.8, 4) is 0 Å². The van der Waals surface area contributed by atoms with Crippen molar-refractivity contribution >= 4 is 46.4 Å². The predicted octanol–water partition coefficient (Wildman–Crippen LogP) is 15.3. The van der Waals surface area contributed by atoms with Gasteiger partial charge in [-0.2, -0.15) is 0 Å². The topological polar surface area (TPSA) is 161 Å². The van der Waals surface area contributed by atoms with E-state index in [1.165, 1.54) is 5.54 Å². The fraction of sp³-hybridized carbons (Fsp3) is 0.682. The van der Waals surface area contributed by atoms with Crippen molar-refractivity contribution in [3.63, 3.8) is 0 Å². The molecule has 7 rings (SSSR count). The number of rotatable bonds is 20. The van der Waals surface area contributed by atoms with Gasteiger partial charge >= 0.3 is 5.97 Å². The largest absolute Gasteiger partial charge is 0.458 e. The maximum absolute atomic E-state index is 13.8. The van der Waals surface area contributed by atoms with Crippen LogP contribution in [0.5, 0.6) is 0 Å². The molecule has 8 bridgehead atoms. The van der Waals surface area contributed by atoms with Crippen LogP contribution in [0.4, 0.5) is 0 Å². The number of hydrogen-bond donors (Lipinski definition) is 0. The van der Waals surface area contributed by atoms with Crippen LogP contribution < -0.4 is 0 Å². The van der Waals surface area contributed by atoms with Gasteiger partial charge in [0, 0.05) is 70.5 Å². The molecule has 5 aliphatic heterocycles. The average Bonchev–Trinajstić information content (AvgIpc) is 2.68. The van der Waals surface area contributed by atoms with E-state index in [0.29, 0.717) is 79.0 Å². The third-order valence-electron chi connectivity index (χ3n) is 17.7. The number of hydrogen-bond acceptors (Lipinski definition) is 15. The Kier molecular flexibility index (Phi) is 24.7. The van der Waals surface area contributed by atoms with Gasteiger partial charge in [0.1, 0.15) is 36.1 Å². The maximum Gasteiger partial charge on any atom is 0.330 e. The molecule has 2 aromatic heterocycles. The van der Waals surface area contributed by atoms with E-state index in [4.69, 9.17) is 77.2 Å². The number of oxazole rings is 2. The van der Waals surface area contributed by atoms with Crippen molar-refractivity contribution in [2.24, 2.45) is 11.8 Å². The predicted molar refractivity (Wildman–Crippen MR) is 335 cm³/mol. The summed E-state index contributed by atoms with van der Waals surface area (Å²) in [5.41, 5.74) is 6.94. The average molecular weight is 1220 g/mol. The molecular formula is C66H101ClN2O13Si2. The summed E-state index contributed by atoms with van der Waals surface area (Å²) in [4.78, 5) is 23.8. The van der Waals surface area contributed by atoms with Gasteiger partial charge in [-0.25, -0.2) is 14.8 Å². The minimum Gasteiger partial charge on any atom is -0.458 e. The molecule has 84 heavy (non-hydrogen) atoms. The van der Waals surface area contributed by atoms with Crippen LogP contribution in [-0.2, 0) is 58.0 Å². The summed E-state index contributed by atoms with van der Waals surface area (Å²) in [5, 5.41) is 0. The Morgan fingerprint density at radius 1 is 0.857 bits per heavy atom. The summed E-state index contributed by atoms with van der Waals surface area (Å²) >= 11 is 5.87. The van der Waals surface area contributed by atoms with Gasteiger partial charge in [-0.1, -0.05) is 121 Å². The van der Waals surface area contributed by atoms with E-state index in [1.54, 1.807) is 39.9 Å². The van der Waals surface area contributed by atoms with Crippen LogP contribution in [0, 0.1) is 11.8 Å². The van der Waals surface area contributed by atoms with Gasteiger partial charge in [-0.15, -0.1) is 0 Å². The maximum atomic E-state index is 13.8. The number of halogens is 1. The van der Waals surface area contributed by atoms with E-state index in [1.807, 2.05) is 37.3 Å². The van der Waals surface area contributed by atoms with Gasteiger partial charge in [0.15, 0.2) is 20.0 Å². The Morgan fingerprint density at radius 2 is 1.58 bits per heavy atom. The molecule has 5 aliphatic rings. The van der Waals surface area contributed by atoms with Crippen molar-refractivity contribution in [1.29, 1.82) is 0 Å². The van der Waals surface area contributed by atoms with Gasteiger partial charge in [-0.3, -0.25) is 0 Å². The molecule has 2 aromatic rings.